The molecular weight excluding hydrogens is 262 g/mol. The molecule has 3 aliphatic heterocycles. The maximum absolute atomic E-state index is 12.8. The molecular formula is C13H25N3O2S. The number of fused-ring (bicyclic) bond motifs is 1. The van der Waals surface area contributed by atoms with Gasteiger partial charge in [-0.3, -0.25) is 0 Å². The van der Waals surface area contributed by atoms with Gasteiger partial charge in [0, 0.05) is 25.7 Å². The standard InChI is InChI=1S/C13H25N3O2S/c1-11-4-2-3-6-16(11)19(17,18)15-7-5-12-8-14-9-13(12)10-15/h11-14H,2-10H2,1H3. The fourth-order valence-corrected chi connectivity index (χ4v) is 5.71. The van der Waals surface area contributed by atoms with Crippen molar-refractivity contribution in [3.63, 3.8) is 0 Å². The van der Waals surface area contributed by atoms with Crippen molar-refractivity contribution in [2.24, 2.45) is 11.8 Å². The van der Waals surface area contributed by atoms with Crippen LogP contribution in [0.4, 0.5) is 0 Å². The van der Waals surface area contributed by atoms with Gasteiger partial charge in [0.2, 0.25) is 0 Å². The zero-order chi connectivity index (χ0) is 13.5. The lowest BCUT2D eigenvalue weighted by Crippen LogP contribution is -2.53. The summed E-state index contributed by atoms with van der Waals surface area (Å²) >= 11 is 0. The van der Waals surface area contributed by atoms with Gasteiger partial charge in [-0.2, -0.15) is 17.0 Å². The van der Waals surface area contributed by atoms with Gasteiger partial charge in [0.25, 0.3) is 10.2 Å². The molecule has 0 radical (unpaired) electrons. The molecule has 0 bridgehead atoms. The summed E-state index contributed by atoms with van der Waals surface area (Å²) in [5, 5.41) is 3.39. The molecule has 0 aromatic carbocycles. The van der Waals surface area contributed by atoms with Crippen molar-refractivity contribution in [1.29, 1.82) is 0 Å². The quantitative estimate of drug-likeness (QED) is 0.811. The molecule has 3 fully saturated rings. The molecule has 3 atom stereocenters. The molecule has 0 aromatic heterocycles. The molecule has 0 amide bonds. The SMILES string of the molecule is CC1CCCCN1S(=O)(=O)N1CCC2CNCC2C1. The molecule has 110 valence electrons. The summed E-state index contributed by atoms with van der Waals surface area (Å²) in [4.78, 5) is 0. The number of hydrogen-bond donors (Lipinski definition) is 1. The molecule has 5 nitrogen and oxygen atoms in total. The maximum atomic E-state index is 12.8. The summed E-state index contributed by atoms with van der Waals surface area (Å²) in [6.45, 7) is 6.20. The van der Waals surface area contributed by atoms with E-state index in [0.29, 0.717) is 31.5 Å². The Morgan fingerprint density at radius 3 is 2.63 bits per heavy atom. The molecule has 3 heterocycles. The summed E-state index contributed by atoms with van der Waals surface area (Å²) in [5.74, 6) is 1.20. The minimum Gasteiger partial charge on any atom is -0.316 e. The minimum absolute atomic E-state index is 0.165. The first-order valence-corrected chi connectivity index (χ1v) is 8.96. The third-order valence-corrected chi connectivity index (χ3v) is 7.15. The molecule has 0 aromatic rings. The number of piperidine rings is 2. The Balaban J connectivity index is 1.73. The molecule has 1 N–H and O–H groups in total. The number of rotatable bonds is 2. The molecule has 19 heavy (non-hydrogen) atoms. The van der Waals surface area contributed by atoms with Gasteiger partial charge in [-0.1, -0.05) is 6.42 Å². The highest BCUT2D eigenvalue weighted by molar-refractivity contribution is 7.86. The van der Waals surface area contributed by atoms with E-state index >= 15 is 0 Å². The average molecular weight is 287 g/mol. The van der Waals surface area contributed by atoms with E-state index in [2.05, 4.69) is 5.32 Å². The highest BCUT2D eigenvalue weighted by Crippen LogP contribution is 2.30. The van der Waals surface area contributed by atoms with E-state index in [1.807, 2.05) is 6.92 Å². The van der Waals surface area contributed by atoms with Crippen LogP contribution in [0.2, 0.25) is 0 Å². The summed E-state index contributed by atoms with van der Waals surface area (Å²) in [6.07, 6.45) is 4.17. The van der Waals surface area contributed by atoms with Crippen LogP contribution < -0.4 is 5.32 Å². The van der Waals surface area contributed by atoms with E-state index in [0.717, 1.165) is 38.8 Å². The molecule has 3 rings (SSSR count). The van der Waals surface area contributed by atoms with Crippen LogP contribution in [0, 0.1) is 11.8 Å². The second-order valence-corrected chi connectivity index (χ2v) is 8.17. The van der Waals surface area contributed by atoms with Crippen molar-refractivity contribution >= 4 is 10.2 Å². The predicted octanol–water partition coefficient (Wildman–Crippen LogP) is 0.647. The fraction of sp³-hybridized carbons (Fsp3) is 1.00. The summed E-state index contributed by atoms with van der Waals surface area (Å²) in [7, 11) is -3.23. The van der Waals surface area contributed by atoms with Gasteiger partial charge >= 0.3 is 0 Å². The number of nitrogens with one attached hydrogen (secondary N) is 1. The van der Waals surface area contributed by atoms with E-state index in [-0.39, 0.29) is 6.04 Å². The van der Waals surface area contributed by atoms with Crippen LogP contribution in [0.15, 0.2) is 0 Å². The zero-order valence-electron chi connectivity index (χ0n) is 11.7. The molecule has 0 saturated carbocycles. The normalized spacial score (nSPS) is 38.3. The van der Waals surface area contributed by atoms with Gasteiger partial charge in [0.05, 0.1) is 0 Å². The van der Waals surface area contributed by atoms with Crippen LogP contribution in [-0.4, -0.2) is 55.8 Å². The molecule has 0 spiro atoms. The predicted molar refractivity (Wildman–Crippen MR) is 75.0 cm³/mol. The average Bonchev–Trinajstić information content (AvgIpc) is 2.86. The fourth-order valence-electron chi connectivity index (χ4n) is 3.77. The van der Waals surface area contributed by atoms with Gasteiger partial charge in [-0.15, -0.1) is 0 Å². The topological polar surface area (TPSA) is 52.7 Å². The second-order valence-electron chi connectivity index (χ2n) is 6.29. The van der Waals surface area contributed by atoms with Crippen LogP contribution in [0.1, 0.15) is 32.6 Å². The van der Waals surface area contributed by atoms with Gasteiger partial charge in [-0.25, -0.2) is 0 Å². The van der Waals surface area contributed by atoms with Crippen molar-refractivity contribution in [2.45, 2.75) is 38.6 Å². The van der Waals surface area contributed by atoms with Gasteiger partial charge in [-0.05, 0) is 51.1 Å². The first kappa shape index (κ1) is 13.8. The lowest BCUT2D eigenvalue weighted by Gasteiger charge is -2.40. The largest absolute Gasteiger partial charge is 0.316 e. The van der Waals surface area contributed by atoms with Crippen LogP contribution in [0.5, 0.6) is 0 Å². The molecule has 3 aliphatic rings. The third-order valence-electron chi connectivity index (χ3n) is 5.03. The second kappa shape index (κ2) is 5.31. The van der Waals surface area contributed by atoms with Gasteiger partial charge in [0.1, 0.15) is 0 Å². The van der Waals surface area contributed by atoms with Gasteiger partial charge < -0.3 is 5.32 Å². The summed E-state index contributed by atoms with van der Waals surface area (Å²) in [5.41, 5.74) is 0. The van der Waals surface area contributed by atoms with E-state index in [4.69, 9.17) is 0 Å². The number of nitrogens with zero attached hydrogens (tertiary/aromatic N) is 2. The van der Waals surface area contributed by atoms with Crippen molar-refractivity contribution < 1.29 is 8.42 Å². The Labute approximate surface area is 116 Å². The van der Waals surface area contributed by atoms with Crippen molar-refractivity contribution in [3.05, 3.63) is 0 Å². The van der Waals surface area contributed by atoms with E-state index in [1.54, 1.807) is 8.61 Å². The molecule has 3 unspecified atom stereocenters. The summed E-state index contributed by atoms with van der Waals surface area (Å²) < 4.78 is 29.0. The highest BCUT2D eigenvalue weighted by Gasteiger charge is 2.41. The van der Waals surface area contributed by atoms with E-state index in [1.165, 1.54) is 0 Å². The van der Waals surface area contributed by atoms with Crippen LogP contribution in [-0.2, 0) is 10.2 Å². The Hall–Kier alpha value is -0.170. The Morgan fingerprint density at radius 2 is 1.84 bits per heavy atom. The monoisotopic (exact) mass is 287 g/mol. The first-order chi connectivity index (χ1) is 9.09. The maximum Gasteiger partial charge on any atom is 0.282 e. The van der Waals surface area contributed by atoms with Crippen molar-refractivity contribution in [1.82, 2.24) is 13.9 Å². The zero-order valence-corrected chi connectivity index (χ0v) is 12.5. The summed E-state index contributed by atoms with van der Waals surface area (Å²) in [6, 6.07) is 0.165. The molecule has 0 aliphatic carbocycles. The van der Waals surface area contributed by atoms with Crippen LogP contribution in [0.25, 0.3) is 0 Å². The van der Waals surface area contributed by atoms with Crippen LogP contribution >= 0.6 is 0 Å². The van der Waals surface area contributed by atoms with Gasteiger partial charge in [0.15, 0.2) is 0 Å². The number of hydrogen-bond acceptors (Lipinski definition) is 3. The molecule has 3 saturated heterocycles. The Morgan fingerprint density at radius 1 is 1.05 bits per heavy atom. The Bertz CT molecular complexity index is 426. The van der Waals surface area contributed by atoms with Crippen molar-refractivity contribution in [2.75, 3.05) is 32.7 Å². The third kappa shape index (κ3) is 2.55. The first-order valence-electron chi connectivity index (χ1n) is 7.56. The van der Waals surface area contributed by atoms with E-state index in [9.17, 15) is 8.42 Å². The lowest BCUT2D eigenvalue weighted by atomic mass is 9.90. The lowest BCUT2D eigenvalue weighted by molar-refractivity contribution is 0.195. The molecule has 6 heteroatoms. The minimum atomic E-state index is -3.23. The van der Waals surface area contributed by atoms with Crippen LogP contribution in [0.3, 0.4) is 0 Å². The highest BCUT2D eigenvalue weighted by atomic mass is 32.2. The smallest absolute Gasteiger partial charge is 0.282 e. The van der Waals surface area contributed by atoms with E-state index < -0.39 is 10.2 Å². The Kier molecular flexibility index (Phi) is 3.86. The van der Waals surface area contributed by atoms with Crippen molar-refractivity contribution in [3.8, 4) is 0 Å².